The molecule has 0 aromatic heterocycles. The molecule has 10 heteroatoms. The van der Waals surface area contributed by atoms with Crippen LogP contribution >= 0.6 is 11.8 Å². The van der Waals surface area contributed by atoms with Gasteiger partial charge in [-0.15, -0.1) is 0 Å². The summed E-state index contributed by atoms with van der Waals surface area (Å²) < 4.78 is 90.8. The summed E-state index contributed by atoms with van der Waals surface area (Å²) in [5, 5.41) is 10.1. The first-order valence-electron chi connectivity index (χ1n) is 15.7. The molecule has 2 aromatic rings. The Kier molecular flexibility index (Phi) is 12.5. The molecule has 1 fully saturated rings. The second-order valence-electron chi connectivity index (χ2n) is 12.0. The van der Waals surface area contributed by atoms with E-state index in [0.717, 1.165) is 112 Å². The highest BCUT2D eigenvalue weighted by molar-refractivity contribution is 7.99. The molecular formula is C34H42F7NOS. The zero-order valence-electron chi connectivity index (χ0n) is 25.0. The van der Waals surface area contributed by atoms with Gasteiger partial charge in [0, 0.05) is 12.5 Å². The minimum absolute atomic E-state index is 0.154. The van der Waals surface area contributed by atoms with Gasteiger partial charge in [-0.2, -0.15) is 33.7 Å². The van der Waals surface area contributed by atoms with Gasteiger partial charge < -0.3 is 10.0 Å². The number of alkyl halides is 5. The highest BCUT2D eigenvalue weighted by Gasteiger charge is 2.56. The predicted octanol–water partition coefficient (Wildman–Crippen LogP) is 10.4. The Morgan fingerprint density at radius 3 is 2.41 bits per heavy atom. The van der Waals surface area contributed by atoms with E-state index in [0.29, 0.717) is 17.4 Å². The van der Waals surface area contributed by atoms with Crippen LogP contribution in [0.4, 0.5) is 30.7 Å². The number of phenols is 1. The lowest BCUT2D eigenvalue weighted by Crippen LogP contribution is -2.36. The lowest BCUT2D eigenvalue weighted by molar-refractivity contribution is -0.284. The Hall–Kier alpha value is -2.20. The maximum atomic E-state index is 14.2. The van der Waals surface area contributed by atoms with Crippen LogP contribution in [0, 0.1) is 11.6 Å². The van der Waals surface area contributed by atoms with Gasteiger partial charge >= 0.3 is 12.1 Å². The van der Waals surface area contributed by atoms with Crippen LogP contribution in [0.2, 0.25) is 0 Å². The molecule has 44 heavy (non-hydrogen) atoms. The van der Waals surface area contributed by atoms with Gasteiger partial charge in [-0.3, -0.25) is 0 Å². The monoisotopic (exact) mass is 645 g/mol. The highest BCUT2D eigenvalue weighted by Crippen LogP contribution is 2.41. The van der Waals surface area contributed by atoms with E-state index in [-0.39, 0.29) is 12.2 Å². The molecule has 1 aliphatic carbocycles. The average molecular weight is 646 g/mol. The summed E-state index contributed by atoms with van der Waals surface area (Å²) in [5.74, 6) is -5.04. The number of halogens is 7. The van der Waals surface area contributed by atoms with Crippen molar-refractivity contribution in [2.24, 2.45) is 0 Å². The second-order valence-corrected chi connectivity index (χ2v) is 13.2. The number of nitrogens with zero attached hydrogens (tertiary/aromatic N) is 1. The molecule has 2 aliphatic rings. The topological polar surface area (TPSA) is 23.5 Å². The van der Waals surface area contributed by atoms with Crippen LogP contribution in [0.3, 0.4) is 0 Å². The van der Waals surface area contributed by atoms with E-state index in [2.05, 4.69) is 4.90 Å². The van der Waals surface area contributed by atoms with Crippen LogP contribution in [0.1, 0.15) is 93.7 Å². The van der Waals surface area contributed by atoms with E-state index < -0.39 is 30.2 Å². The lowest BCUT2D eigenvalue weighted by Gasteiger charge is -2.24. The molecule has 0 bridgehead atoms. The molecule has 2 aromatic carbocycles. The van der Waals surface area contributed by atoms with Crippen molar-refractivity contribution in [1.29, 1.82) is 0 Å². The van der Waals surface area contributed by atoms with Gasteiger partial charge in [-0.1, -0.05) is 25.0 Å². The fraction of sp³-hybridized carbons (Fsp3) is 0.588. The predicted molar refractivity (Wildman–Crippen MR) is 164 cm³/mol. The molecule has 0 spiro atoms. The third-order valence-electron chi connectivity index (χ3n) is 8.83. The van der Waals surface area contributed by atoms with E-state index in [1.165, 1.54) is 23.9 Å². The molecule has 1 atom stereocenters. The SMILES string of the molecule is Oc1ccc2c(c1)CCCC(c1ccc(F)c(F)c1)=C2CCCCCCN1CCC[C@@H]1CCSCCCC(F)(F)C(F)(F)F. The fourth-order valence-corrected chi connectivity index (χ4v) is 7.48. The van der Waals surface area contributed by atoms with Crippen molar-refractivity contribution in [3.8, 4) is 5.75 Å². The van der Waals surface area contributed by atoms with Crippen LogP contribution in [-0.4, -0.2) is 52.7 Å². The third kappa shape index (κ3) is 9.41. The van der Waals surface area contributed by atoms with Gasteiger partial charge in [-0.05, 0) is 141 Å². The number of thioether (sulfide) groups is 1. The van der Waals surface area contributed by atoms with E-state index in [1.807, 2.05) is 6.07 Å². The molecule has 0 unspecified atom stereocenters. The quantitative estimate of drug-likeness (QED) is 0.154. The van der Waals surface area contributed by atoms with Crippen molar-refractivity contribution in [3.05, 3.63) is 64.7 Å². The molecule has 4 rings (SSSR count). The molecule has 1 heterocycles. The number of hydrogen-bond acceptors (Lipinski definition) is 3. The Balaban J connectivity index is 1.23. The second kappa shape index (κ2) is 15.9. The van der Waals surface area contributed by atoms with Crippen LogP contribution in [0.15, 0.2) is 36.4 Å². The van der Waals surface area contributed by atoms with Crippen molar-refractivity contribution < 1.29 is 35.8 Å². The smallest absolute Gasteiger partial charge is 0.453 e. The van der Waals surface area contributed by atoms with Crippen molar-refractivity contribution in [1.82, 2.24) is 4.90 Å². The van der Waals surface area contributed by atoms with Crippen LogP contribution in [-0.2, 0) is 6.42 Å². The van der Waals surface area contributed by atoms with E-state index in [4.69, 9.17) is 0 Å². The van der Waals surface area contributed by atoms with Gasteiger partial charge in [0.1, 0.15) is 5.75 Å². The van der Waals surface area contributed by atoms with Gasteiger partial charge in [0.2, 0.25) is 0 Å². The molecular weight excluding hydrogens is 603 g/mol. The van der Waals surface area contributed by atoms with Gasteiger partial charge in [0.05, 0.1) is 0 Å². The third-order valence-corrected chi connectivity index (χ3v) is 9.93. The summed E-state index contributed by atoms with van der Waals surface area (Å²) in [6.45, 7) is 2.01. The van der Waals surface area contributed by atoms with Crippen LogP contribution in [0.5, 0.6) is 5.75 Å². The van der Waals surface area contributed by atoms with Crippen LogP contribution < -0.4 is 0 Å². The fourth-order valence-electron chi connectivity index (χ4n) is 6.48. The maximum Gasteiger partial charge on any atom is 0.453 e. The summed E-state index contributed by atoms with van der Waals surface area (Å²) in [4.78, 5) is 2.48. The molecule has 0 radical (unpaired) electrons. The molecule has 0 saturated carbocycles. The summed E-state index contributed by atoms with van der Waals surface area (Å²) in [6.07, 6.45) is 3.65. The highest BCUT2D eigenvalue weighted by atomic mass is 32.2. The number of likely N-dealkylation sites (tertiary alicyclic amines) is 1. The number of unbranched alkanes of at least 4 members (excludes halogenated alkanes) is 3. The van der Waals surface area contributed by atoms with Crippen LogP contribution in [0.25, 0.3) is 11.1 Å². The number of benzene rings is 2. The number of fused-ring (bicyclic) bond motifs is 1. The number of hydrogen-bond donors (Lipinski definition) is 1. The number of phenolic OH excluding ortho intramolecular Hbond substituents is 1. The maximum absolute atomic E-state index is 14.2. The molecule has 244 valence electrons. The Labute approximate surface area is 260 Å². The number of aryl methyl sites for hydroxylation is 1. The van der Waals surface area contributed by atoms with Crippen molar-refractivity contribution in [3.63, 3.8) is 0 Å². The van der Waals surface area contributed by atoms with E-state index in [9.17, 15) is 35.8 Å². The Bertz CT molecular complexity index is 1260. The first-order valence-corrected chi connectivity index (χ1v) is 16.9. The largest absolute Gasteiger partial charge is 0.508 e. The molecule has 1 saturated heterocycles. The summed E-state index contributed by atoms with van der Waals surface area (Å²) >= 11 is 1.45. The lowest BCUT2D eigenvalue weighted by atomic mass is 9.89. The Morgan fingerprint density at radius 1 is 0.841 bits per heavy atom. The van der Waals surface area contributed by atoms with Gasteiger partial charge in [0.15, 0.2) is 11.6 Å². The Morgan fingerprint density at radius 2 is 1.64 bits per heavy atom. The zero-order valence-corrected chi connectivity index (χ0v) is 25.8. The van der Waals surface area contributed by atoms with Crippen molar-refractivity contribution >= 4 is 22.9 Å². The number of rotatable bonds is 15. The normalized spacial score (nSPS) is 18.1. The van der Waals surface area contributed by atoms with Gasteiger partial charge in [0.25, 0.3) is 0 Å². The van der Waals surface area contributed by atoms with Crippen molar-refractivity contribution in [2.75, 3.05) is 24.6 Å². The first kappa shape index (κ1) is 34.7. The molecule has 0 amide bonds. The minimum atomic E-state index is -5.47. The molecule has 2 nitrogen and oxygen atoms in total. The van der Waals surface area contributed by atoms with E-state index >= 15 is 0 Å². The van der Waals surface area contributed by atoms with Gasteiger partial charge in [-0.25, -0.2) is 8.78 Å². The molecule has 1 N–H and O–H groups in total. The molecule has 1 aliphatic heterocycles. The first-order chi connectivity index (χ1) is 21.0. The minimum Gasteiger partial charge on any atom is -0.508 e. The number of allylic oxidation sites excluding steroid dienone is 2. The summed E-state index contributed by atoms with van der Waals surface area (Å²) in [6, 6.07) is 9.98. The van der Waals surface area contributed by atoms with Crippen molar-refractivity contribution in [2.45, 2.75) is 102 Å². The van der Waals surface area contributed by atoms with E-state index in [1.54, 1.807) is 18.2 Å². The summed E-state index contributed by atoms with van der Waals surface area (Å²) in [7, 11) is 0. The average Bonchev–Trinajstić information content (AvgIpc) is 3.33. The zero-order chi connectivity index (χ0) is 31.7. The number of aromatic hydroxyl groups is 1. The summed E-state index contributed by atoms with van der Waals surface area (Å²) in [5.41, 5.74) is 5.04. The standard InChI is InChI=1S/C34H42F7NOS/c35-31-15-12-25(23-32(31)36)28-11-5-8-24-22-27(43)13-14-29(24)30(28)10-3-1-2-4-18-42-19-6-9-26(42)16-21-44-20-7-17-33(37,38)34(39,40)41/h12-15,22-23,26,43H,1-11,16-21H2/t26-/m1/s1.